The Morgan fingerprint density at radius 3 is 2.55 bits per heavy atom. The molecule has 1 N–H and O–H groups in total. The van der Waals surface area contributed by atoms with E-state index in [1.54, 1.807) is 17.0 Å². The lowest BCUT2D eigenvalue weighted by Crippen LogP contribution is -2.17. The normalized spacial score (nSPS) is 10.5. The summed E-state index contributed by atoms with van der Waals surface area (Å²) in [6.45, 7) is 5.74. The number of hydrogen-bond acceptors (Lipinski definition) is 3. The number of nitrogens with zero attached hydrogens (tertiary/aromatic N) is 1. The fraction of sp³-hybridized carbons (Fsp3) is 0.400. The van der Waals surface area contributed by atoms with E-state index in [4.69, 9.17) is 9.47 Å². The number of ether oxygens (including phenoxy) is 2. The van der Waals surface area contributed by atoms with Crippen molar-refractivity contribution in [2.75, 3.05) is 13.2 Å². The largest absolute Gasteiger partial charge is 0.490 e. The number of aromatic amines is 1. The molecule has 1 aromatic heterocycles. The summed E-state index contributed by atoms with van der Waals surface area (Å²) in [5.41, 5.74) is 1.03. The van der Waals surface area contributed by atoms with Gasteiger partial charge in [0.1, 0.15) is 0 Å². The van der Waals surface area contributed by atoms with E-state index in [-0.39, 0.29) is 5.69 Å². The fourth-order valence-corrected chi connectivity index (χ4v) is 2.03. The van der Waals surface area contributed by atoms with Gasteiger partial charge in [-0.1, -0.05) is 6.07 Å². The zero-order valence-electron chi connectivity index (χ0n) is 11.9. The number of aryl methyl sites for hydroxylation is 2. The number of hydrogen-bond donors (Lipinski definition) is 1. The maximum Gasteiger partial charge on any atom is 0.325 e. The van der Waals surface area contributed by atoms with E-state index in [1.807, 2.05) is 32.0 Å². The van der Waals surface area contributed by atoms with Crippen molar-refractivity contribution in [2.24, 2.45) is 0 Å². The van der Waals surface area contributed by atoms with Crippen LogP contribution in [0.3, 0.4) is 0 Å². The summed E-state index contributed by atoms with van der Waals surface area (Å²) in [7, 11) is 0. The Hall–Kier alpha value is -2.17. The average molecular weight is 276 g/mol. The highest BCUT2D eigenvalue weighted by molar-refractivity contribution is 5.43. The predicted octanol–water partition coefficient (Wildman–Crippen LogP) is 2.22. The third-order valence-corrected chi connectivity index (χ3v) is 2.97. The van der Waals surface area contributed by atoms with Crippen LogP contribution < -0.4 is 15.2 Å². The molecule has 20 heavy (non-hydrogen) atoms. The molecule has 0 atom stereocenters. The van der Waals surface area contributed by atoms with E-state index in [9.17, 15) is 4.79 Å². The molecule has 0 bridgehead atoms. The molecule has 2 aromatic rings. The predicted molar refractivity (Wildman–Crippen MR) is 77.5 cm³/mol. The summed E-state index contributed by atoms with van der Waals surface area (Å²) in [5, 5.41) is 0. The van der Waals surface area contributed by atoms with Crippen molar-refractivity contribution in [1.29, 1.82) is 0 Å². The van der Waals surface area contributed by atoms with E-state index >= 15 is 0 Å². The van der Waals surface area contributed by atoms with Gasteiger partial charge in [0.05, 0.1) is 13.2 Å². The van der Waals surface area contributed by atoms with E-state index in [1.165, 1.54) is 0 Å². The molecule has 2 rings (SSSR count). The molecule has 0 aliphatic carbocycles. The van der Waals surface area contributed by atoms with Gasteiger partial charge in [-0.25, -0.2) is 4.79 Å². The van der Waals surface area contributed by atoms with Crippen LogP contribution in [0.4, 0.5) is 0 Å². The minimum atomic E-state index is -0.0824. The van der Waals surface area contributed by atoms with Gasteiger partial charge < -0.3 is 14.5 Å². The minimum absolute atomic E-state index is 0.0824. The molecule has 1 aromatic carbocycles. The number of H-pyrrole nitrogens is 1. The molecule has 0 spiro atoms. The van der Waals surface area contributed by atoms with Gasteiger partial charge in [0.25, 0.3) is 0 Å². The number of benzene rings is 1. The standard InChI is InChI=1S/C15H20N2O3/c1-3-19-13-6-5-12(11-14(13)20-4-2)7-9-17-10-8-16-15(17)18/h5-6,8,10-11H,3-4,7,9H2,1-2H3,(H,16,18). The topological polar surface area (TPSA) is 56.2 Å². The molecule has 108 valence electrons. The van der Waals surface area contributed by atoms with Gasteiger partial charge in [-0.2, -0.15) is 0 Å². The highest BCUT2D eigenvalue weighted by atomic mass is 16.5. The smallest absolute Gasteiger partial charge is 0.325 e. The summed E-state index contributed by atoms with van der Waals surface area (Å²) in [6.07, 6.45) is 4.16. The van der Waals surface area contributed by atoms with Crippen molar-refractivity contribution >= 4 is 0 Å². The van der Waals surface area contributed by atoms with Gasteiger partial charge in [0.15, 0.2) is 11.5 Å². The van der Waals surface area contributed by atoms with Crippen LogP contribution in [-0.4, -0.2) is 22.8 Å². The first-order chi connectivity index (χ1) is 9.74. The van der Waals surface area contributed by atoms with Crippen LogP contribution in [0.15, 0.2) is 35.4 Å². The molecule has 0 amide bonds. The van der Waals surface area contributed by atoms with Crippen LogP contribution in [0.5, 0.6) is 11.5 Å². The Bertz CT molecular complexity index is 601. The second kappa shape index (κ2) is 6.84. The minimum Gasteiger partial charge on any atom is -0.490 e. The molecule has 1 heterocycles. The third-order valence-electron chi connectivity index (χ3n) is 2.97. The van der Waals surface area contributed by atoms with Crippen LogP contribution in [-0.2, 0) is 13.0 Å². The Labute approximate surface area is 118 Å². The summed E-state index contributed by atoms with van der Waals surface area (Å²) < 4.78 is 12.8. The van der Waals surface area contributed by atoms with Crippen LogP contribution in [0.25, 0.3) is 0 Å². The molecular formula is C15H20N2O3. The van der Waals surface area contributed by atoms with Crippen molar-refractivity contribution in [2.45, 2.75) is 26.8 Å². The van der Waals surface area contributed by atoms with Crippen molar-refractivity contribution in [3.8, 4) is 11.5 Å². The molecule has 0 saturated heterocycles. The Balaban J connectivity index is 2.10. The van der Waals surface area contributed by atoms with Crippen LogP contribution in [0, 0.1) is 0 Å². The molecule has 0 radical (unpaired) electrons. The summed E-state index contributed by atoms with van der Waals surface area (Å²) in [6, 6.07) is 5.90. The fourth-order valence-electron chi connectivity index (χ4n) is 2.03. The van der Waals surface area contributed by atoms with Crippen molar-refractivity contribution < 1.29 is 9.47 Å². The zero-order chi connectivity index (χ0) is 14.4. The second-order valence-corrected chi connectivity index (χ2v) is 4.36. The number of nitrogens with one attached hydrogen (secondary N) is 1. The first kappa shape index (κ1) is 14.2. The molecule has 0 unspecified atom stereocenters. The number of imidazole rings is 1. The zero-order valence-corrected chi connectivity index (χ0v) is 11.9. The number of aromatic nitrogens is 2. The molecule has 0 saturated carbocycles. The van der Waals surface area contributed by atoms with Crippen LogP contribution >= 0.6 is 0 Å². The Morgan fingerprint density at radius 2 is 1.90 bits per heavy atom. The van der Waals surface area contributed by atoms with Gasteiger partial charge in [-0.3, -0.25) is 4.57 Å². The van der Waals surface area contributed by atoms with E-state index in [0.29, 0.717) is 19.8 Å². The Kier molecular flexibility index (Phi) is 4.87. The van der Waals surface area contributed by atoms with Crippen molar-refractivity contribution in [3.63, 3.8) is 0 Å². The van der Waals surface area contributed by atoms with E-state index < -0.39 is 0 Å². The Morgan fingerprint density at radius 1 is 1.15 bits per heavy atom. The van der Waals surface area contributed by atoms with Crippen molar-refractivity contribution in [1.82, 2.24) is 9.55 Å². The van der Waals surface area contributed by atoms with Crippen LogP contribution in [0.2, 0.25) is 0 Å². The van der Waals surface area contributed by atoms with Gasteiger partial charge in [0.2, 0.25) is 0 Å². The molecule has 5 nitrogen and oxygen atoms in total. The molecule has 0 fully saturated rings. The highest BCUT2D eigenvalue weighted by Gasteiger charge is 2.06. The molecule has 0 aliphatic heterocycles. The van der Waals surface area contributed by atoms with Crippen molar-refractivity contribution in [3.05, 3.63) is 46.6 Å². The molecule has 5 heteroatoms. The average Bonchev–Trinajstić information content (AvgIpc) is 2.85. The van der Waals surface area contributed by atoms with E-state index in [2.05, 4.69) is 4.98 Å². The van der Waals surface area contributed by atoms with Gasteiger partial charge in [0, 0.05) is 18.9 Å². The molecular weight excluding hydrogens is 256 g/mol. The van der Waals surface area contributed by atoms with Gasteiger partial charge >= 0.3 is 5.69 Å². The third kappa shape index (κ3) is 3.44. The monoisotopic (exact) mass is 276 g/mol. The lowest BCUT2D eigenvalue weighted by atomic mass is 10.1. The SMILES string of the molecule is CCOc1ccc(CCn2cc[nH]c2=O)cc1OCC. The van der Waals surface area contributed by atoms with Gasteiger partial charge in [-0.15, -0.1) is 0 Å². The molecule has 0 aliphatic rings. The van der Waals surface area contributed by atoms with Gasteiger partial charge in [-0.05, 0) is 38.0 Å². The first-order valence-electron chi connectivity index (χ1n) is 6.87. The summed E-state index contributed by atoms with van der Waals surface area (Å²) in [5.74, 6) is 1.52. The number of rotatable bonds is 7. The lowest BCUT2D eigenvalue weighted by Gasteiger charge is -2.12. The maximum atomic E-state index is 11.4. The highest BCUT2D eigenvalue weighted by Crippen LogP contribution is 2.28. The lowest BCUT2D eigenvalue weighted by molar-refractivity contribution is 0.287. The van der Waals surface area contributed by atoms with Crippen LogP contribution in [0.1, 0.15) is 19.4 Å². The quantitative estimate of drug-likeness (QED) is 0.843. The summed E-state index contributed by atoms with van der Waals surface area (Å²) in [4.78, 5) is 14.0. The summed E-state index contributed by atoms with van der Waals surface area (Å²) >= 11 is 0. The second-order valence-electron chi connectivity index (χ2n) is 4.36. The first-order valence-corrected chi connectivity index (χ1v) is 6.87. The maximum absolute atomic E-state index is 11.4. The van der Waals surface area contributed by atoms with E-state index in [0.717, 1.165) is 23.5 Å².